The summed E-state index contributed by atoms with van der Waals surface area (Å²) in [6, 6.07) is 6.36. The molecule has 0 saturated carbocycles. The van der Waals surface area contributed by atoms with Gasteiger partial charge < -0.3 is 10.6 Å². The first-order chi connectivity index (χ1) is 11.5. The van der Waals surface area contributed by atoms with Crippen molar-refractivity contribution in [2.45, 2.75) is 32.7 Å². The van der Waals surface area contributed by atoms with Gasteiger partial charge >= 0.3 is 0 Å². The van der Waals surface area contributed by atoms with Crippen molar-refractivity contribution in [1.29, 1.82) is 0 Å². The zero-order chi connectivity index (χ0) is 17.5. The number of nitrogens with zero attached hydrogens (tertiary/aromatic N) is 2. The molecule has 0 aliphatic heterocycles. The van der Waals surface area contributed by atoms with Crippen molar-refractivity contribution >= 4 is 11.9 Å². The van der Waals surface area contributed by atoms with Gasteiger partial charge in [0.1, 0.15) is 5.82 Å². The lowest BCUT2D eigenvalue weighted by Gasteiger charge is -2.23. The first-order valence-electron chi connectivity index (χ1n) is 7.86. The molecule has 0 unspecified atom stereocenters. The molecule has 1 aromatic carbocycles. The topological polar surface area (TPSA) is 92.1 Å². The number of nitrogens with one attached hydrogen (secondary N) is 1. The van der Waals surface area contributed by atoms with Crippen LogP contribution < -0.4 is 11.3 Å². The Kier molecular flexibility index (Phi) is 6.06. The fourth-order valence-electron chi connectivity index (χ4n) is 2.31. The van der Waals surface area contributed by atoms with Crippen LogP contribution in [0, 0.1) is 5.82 Å². The van der Waals surface area contributed by atoms with E-state index in [0.29, 0.717) is 12.1 Å². The molecule has 0 bridgehead atoms. The molecule has 7 heteroatoms. The lowest BCUT2D eigenvalue weighted by molar-refractivity contribution is -0.131. The maximum Gasteiger partial charge on any atom is 0.255 e. The van der Waals surface area contributed by atoms with E-state index in [-0.39, 0.29) is 36.2 Å². The summed E-state index contributed by atoms with van der Waals surface area (Å²) in [4.78, 5) is 32.1. The van der Waals surface area contributed by atoms with Crippen LogP contribution in [0.1, 0.15) is 30.9 Å². The number of unbranched alkanes of at least 4 members (excludes halogenated alkanes) is 1. The van der Waals surface area contributed by atoms with Gasteiger partial charge in [-0.25, -0.2) is 9.37 Å². The Balaban J connectivity index is 2.15. The molecule has 0 radical (unpaired) electrons. The molecule has 2 rings (SSSR count). The number of benzene rings is 1. The van der Waals surface area contributed by atoms with Crippen LogP contribution in [-0.2, 0) is 17.8 Å². The van der Waals surface area contributed by atoms with Gasteiger partial charge in [0, 0.05) is 30.4 Å². The number of hydrogen-bond acceptors (Lipinski definition) is 4. The first-order valence-corrected chi connectivity index (χ1v) is 7.86. The number of H-pyrrole nitrogens is 1. The molecule has 1 aromatic heterocycles. The molecule has 6 nitrogen and oxygen atoms in total. The van der Waals surface area contributed by atoms with E-state index in [1.807, 2.05) is 6.92 Å². The van der Waals surface area contributed by atoms with Gasteiger partial charge in [0.2, 0.25) is 5.91 Å². The van der Waals surface area contributed by atoms with Gasteiger partial charge in [-0.1, -0.05) is 31.5 Å². The molecular weight excluding hydrogens is 311 g/mol. The monoisotopic (exact) mass is 332 g/mol. The third-order valence-corrected chi connectivity index (χ3v) is 3.69. The van der Waals surface area contributed by atoms with Gasteiger partial charge in [0.05, 0.1) is 6.42 Å². The number of carbonyl (C=O) groups excluding carboxylic acids is 1. The van der Waals surface area contributed by atoms with E-state index in [2.05, 4.69) is 9.97 Å². The molecule has 0 aliphatic rings. The van der Waals surface area contributed by atoms with Crippen molar-refractivity contribution in [3.63, 3.8) is 0 Å². The summed E-state index contributed by atoms with van der Waals surface area (Å²) in [5.74, 6) is -0.590. The highest BCUT2D eigenvalue weighted by atomic mass is 19.1. The zero-order valence-electron chi connectivity index (χ0n) is 13.6. The lowest BCUT2D eigenvalue weighted by atomic mass is 10.1. The number of aromatic amines is 1. The van der Waals surface area contributed by atoms with E-state index in [9.17, 15) is 14.0 Å². The lowest BCUT2D eigenvalue weighted by Crippen LogP contribution is -2.34. The number of nitrogens with two attached hydrogens (primary N) is 1. The number of aromatic nitrogens is 2. The highest BCUT2D eigenvalue weighted by molar-refractivity contribution is 5.78. The predicted molar refractivity (Wildman–Crippen MR) is 89.7 cm³/mol. The second kappa shape index (κ2) is 8.24. The average molecular weight is 332 g/mol. The third-order valence-electron chi connectivity index (χ3n) is 3.69. The molecule has 128 valence electrons. The van der Waals surface area contributed by atoms with Crippen molar-refractivity contribution in [2.75, 3.05) is 12.3 Å². The fraction of sp³-hybridized carbons (Fsp3) is 0.353. The van der Waals surface area contributed by atoms with Crippen LogP contribution in [0.3, 0.4) is 0 Å². The minimum absolute atomic E-state index is 0.00500. The Labute approximate surface area is 139 Å². The summed E-state index contributed by atoms with van der Waals surface area (Å²) in [5.41, 5.74) is 5.66. The van der Waals surface area contributed by atoms with Crippen molar-refractivity contribution in [3.8, 4) is 0 Å². The van der Waals surface area contributed by atoms with Crippen molar-refractivity contribution in [1.82, 2.24) is 14.9 Å². The average Bonchev–Trinajstić information content (AvgIpc) is 2.55. The van der Waals surface area contributed by atoms with Crippen molar-refractivity contribution < 1.29 is 9.18 Å². The first kappa shape index (κ1) is 17.7. The quantitative estimate of drug-likeness (QED) is 0.809. The number of hydrogen-bond donors (Lipinski definition) is 2. The van der Waals surface area contributed by atoms with Gasteiger partial charge in [-0.05, 0) is 12.5 Å². The van der Waals surface area contributed by atoms with Crippen molar-refractivity contribution in [2.24, 2.45) is 0 Å². The molecule has 0 aliphatic carbocycles. The van der Waals surface area contributed by atoms with Crippen LogP contribution in [0.15, 0.2) is 35.3 Å². The zero-order valence-corrected chi connectivity index (χ0v) is 13.6. The van der Waals surface area contributed by atoms with Gasteiger partial charge in [0.15, 0.2) is 5.95 Å². The van der Waals surface area contributed by atoms with Crippen LogP contribution in [0.4, 0.5) is 10.3 Å². The number of nitrogen functional groups attached to an aromatic ring is 1. The van der Waals surface area contributed by atoms with E-state index in [4.69, 9.17) is 5.73 Å². The summed E-state index contributed by atoms with van der Waals surface area (Å²) in [5, 5.41) is 0. The van der Waals surface area contributed by atoms with Gasteiger partial charge in [-0.3, -0.25) is 14.6 Å². The summed E-state index contributed by atoms with van der Waals surface area (Å²) < 4.78 is 13.9. The SMILES string of the molecule is CCCCN(Cc1ccccc1F)C(=O)Cc1cnc(N)[nH]c1=O. The standard InChI is InChI=1S/C17H21FN4O2/c1-2-3-8-22(11-12-6-4-5-7-14(12)18)15(23)9-13-10-20-17(19)21-16(13)24/h4-7,10H,2-3,8-9,11H2,1H3,(H3,19,20,21,24). The molecule has 0 fully saturated rings. The van der Waals surface area contributed by atoms with E-state index in [1.54, 1.807) is 23.1 Å². The number of halogens is 1. The molecule has 0 atom stereocenters. The largest absolute Gasteiger partial charge is 0.369 e. The van der Waals surface area contributed by atoms with E-state index in [0.717, 1.165) is 12.8 Å². The van der Waals surface area contributed by atoms with E-state index >= 15 is 0 Å². The Hall–Kier alpha value is -2.70. The number of amides is 1. The minimum Gasteiger partial charge on any atom is -0.369 e. The Morgan fingerprint density at radius 1 is 1.33 bits per heavy atom. The number of rotatable bonds is 7. The highest BCUT2D eigenvalue weighted by Crippen LogP contribution is 2.12. The summed E-state index contributed by atoms with van der Waals surface area (Å²) >= 11 is 0. The normalized spacial score (nSPS) is 10.6. The van der Waals surface area contributed by atoms with Crippen LogP contribution >= 0.6 is 0 Å². The number of carbonyl (C=O) groups is 1. The molecule has 1 amide bonds. The van der Waals surface area contributed by atoms with Crippen LogP contribution in [0.2, 0.25) is 0 Å². The maximum atomic E-state index is 13.9. The molecule has 0 saturated heterocycles. The van der Waals surface area contributed by atoms with Gasteiger partial charge in [-0.2, -0.15) is 0 Å². The molecule has 24 heavy (non-hydrogen) atoms. The Morgan fingerprint density at radius 3 is 2.75 bits per heavy atom. The number of anilines is 1. The molecule has 2 aromatic rings. The van der Waals surface area contributed by atoms with Crippen LogP contribution in [-0.4, -0.2) is 27.3 Å². The Morgan fingerprint density at radius 2 is 2.08 bits per heavy atom. The van der Waals surface area contributed by atoms with E-state index < -0.39 is 5.56 Å². The second-order valence-corrected chi connectivity index (χ2v) is 5.56. The fourth-order valence-corrected chi connectivity index (χ4v) is 2.31. The molecule has 1 heterocycles. The summed E-state index contributed by atoms with van der Waals surface area (Å²) in [7, 11) is 0. The molecule has 3 N–H and O–H groups in total. The summed E-state index contributed by atoms with van der Waals surface area (Å²) in [6.07, 6.45) is 2.91. The molecular formula is C17H21FN4O2. The van der Waals surface area contributed by atoms with Crippen LogP contribution in [0.25, 0.3) is 0 Å². The van der Waals surface area contributed by atoms with Gasteiger partial charge in [0.25, 0.3) is 5.56 Å². The van der Waals surface area contributed by atoms with Gasteiger partial charge in [-0.15, -0.1) is 0 Å². The van der Waals surface area contributed by atoms with E-state index in [1.165, 1.54) is 12.3 Å². The third kappa shape index (κ3) is 4.65. The highest BCUT2D eigenvalue weighted by Gasteiger charge is 2.17. The summed E-state index contributed by atoms with van der Waals surface area (Å²) in [6.45, 7) is 2.69. The van der Waals surface area contributed by atoms with Crippen molar-refractivity contribution in [3.05, 3.63) is 57.8 Å². The minimum atomic E-state index is -0.433. The maximum absolute atomic E-state index is 13.9. The van der Waals surface area contributed by atoms with Crippen LogP contribution in [0.5, 0.6) is 0 Å². The Bertz CT molecular complexity index is 760. The molecule has 0 spiro atoms. The second-order valence-electron chi connectivity index (χ2n) is 5.56. The predicted octanol–water partition coefficient (Wildman–Crippen LogP) is 1.86. The smallest absolute Gasteiger partial charge is 0.255 e.